The molecule has 0 heterocycles. The van der Waals surface area contributed by atoms with Gasteiger partial charge in [0.15, 0.2) is 5.82 Å². The lowest BCUT2D eigenvalue weighted by atomic mass is 10.2. The average molecular weight is 407 g/mol. The average Bonchev–Trinajstić information content (AvgIpc) is 2.34. The molecule has 1 amide bonds. The van der Waals surface area contributed by atoms with Crippen molar-refractivity contribution in [2.24, 2.45) is 0 Å². The number of amides is 1. The van der Waals surface area contributed by atoms with Crippen LogP contribution in [0.1, 0.15) is 10.4 Å². The second-order valence-corrected chi connectivity index (χ2v) is 5.86. The zero-order valence-corrected chi connectivity index (χ0v) is 13.3. The number of hydrogen-bond donors (Lipinski definition) is 1. The van der Waals surface area contributed by atoms with Crippen LogP contribution < -0.4 is 5.32 Å². The standard InChI is InChI=1S/C13H7Br2ClFNO/c14-7-4-5-8(9(15)6-7)13(19)18-11-3-1-2-10(16)12(11)17/h1-6H,(H,18,19). The van der Waals surface area contributed by atoms with Gasteiger partial charge >= 0.3 is 0 Å². The first-order valence-electron chi connectivity index (χ1n) is 5.19. The summed E-state index contributed by atoms with van der Waals surface area (Å²) in [4.78, 5) is 12.0. The zero-order valence-electron chi connectivity index (χ0n) is 9.38. The van der Waals surface area contributed by atoms with Crippen LogP contribution in [0.5, 0.6) is 0 Å². The van der Waals surface area contributed by atoms with Gasteiger partial charge < -0.3 is 5.32 Å². The molecule has 0 atom stereocenters. The maximum Gasteiger partial charge on any atom is 0.256 e. The number of carbonyl (C=O) groups excluding carboxylic acids is 1. The number of rotatable bonds is 2. The molecule has 1 N–H and O–H groups in total. The van der Waals surface area contributed by atoms with Gasteiger partial charge in [-0.2, -0.15) is 0 Å². The van der Waals surface area contributed by atoms with E-state index >= 15 is 0 Å². The van der Waals surface area contributed by atoms with Gasteiger partial charge in [0.25, 0.3) is 5.91 Å². The highest BCUT2D eigenvalue weighted by Gasteiger charge is 2.13. The molecule has 0 aliphatic carbocycles. The number of hydrogen-bond acceptors (Lipinski definition) is 1. The normalized spacial score (nSPS) is 10.3. The molecular weight excluding hydrogens is 400 g/mol. The Kier molecular flexibility index (Phi) is 4.60. The third-order valence-corrected chi connectivity index (χ3v) is 3.82. The van der Waals surface area contributed by atoms with Gasteiger partial charge in [-0.25, -0.2) is 4.39 Å². The Hall–Kier alpha value is -0.910. The smallest absolute Gasteiger partial charge is 0.256 e. The second kappa shape index (κ2) is 6.03. The van der Waals surface area contributed by atoms with Crippen molar-refractivity contribution in [1.82, 2.24) is 0 Å². The maximum atomic E-state index is 13.7. The van der Waals surface area contributed by atoms with Gasteiger partial charge in [-0.05, 0) is 46.3 Å². The third-order valence-electron chi connectivity index (χ3n) is 2.38. The molecule has 98 valence electrons. The van der Waals surface area contributed by atoms with Crippen LogP contribution in [0.2, 0.25) is 5.02 Å². The lowest BCUT2D eigenvalue weighted by Crippen LogP contribution is -2.13. The predicted octanol–water partition coefficient (Wildman–Crippen LogP) is 5.26. The molecule has 0 radical (unpaired) electrons. The number of carbonyl (C=O) groups is 1. The van der Waals surface area contributed by atoms with Crippen molar-refractivity contribution < 1.29 is 9.18 Å². The van der Waals surface area contributed by atoms with E-state index in [1.165, 1.54) is 12.1 Å². The van der Waals surface area contributed by atoms with E-state index < -0.39 is 11.7 Å². The molecule has 0 spiro atoms. The van der Waals surface area contributed by atoms with Crippen molar-refractivity contribution in [3.63, 3.8) is 0 Å². The fraction of sp³-hybridized carbons (Fsp3) is 0. The van der Waals surface area contributed by atoms with E-state index in [-0.39, 0.29) is 10.7 Å². The number of halogens is 4. The predicted molar refractivity (Wildman–Crippen MR) is 81.2 cm³/mol. The molecular formula is C13H7Br2ClFNO. The molecule has 0 unspecified atom stereocenters. The van der Waals surface area contributed by atoms with Crippen LogP contribution in [0.25, 0.3) is 0 Å². The highest BCUT2D eigenvalue weighted by atomic mass is 79.9. The quantitative estimate of drug-likeness (QED) is 0.723. The molecule has 6 heteroatoms. The van der Waals surface area contributed by atoms with Gasteiger partial charge in [-0.1, -0.05) is 33.6 Å². The number of benzene rings is 2. The van der Waals surface area contributed by atoms with Crippen molar-refractivity contribution in [3.8, 4) is 0 Å². The van der Waals surface area contributed by atoms with Gasteiger partial charge in [0.2, 0.25) is 0 Å². The van der Waals surface area contributed by atoms with Crippen LogP contribution in [-0.2, 0) is 0 Å². The van der Waals surface area contributed by atoms with Crippen molar-refractivity contribution in [3.05, 3.63) is 61.7 Å². The van der Waals surface area contributed by atoms with Crippen molar-refractivity contribution >= 4 is 55.1 Å². The molecule has 2 aromatic rings. The fourth-order valence-electron chi connectivity index (χ4n) is 1.46. The van der Waals surface area contributed by atoms with Crippen LogP contribution in [0.3, 0.4) is 0 Å². The summed E-state index contributed by atoms with van der Waals surface area (Å²) in [7, 11) is 0. The van der Waals surface area contributed by atoms with E-state index in [1.54, 1.807) is 24.3 Å². The van der Waals surface area contributed by atoms with Crippen LogP contribution in [-0.4, -0.2) is 5.91 Å². The Morgan fingerprint density at radius 3 is 2.63 bits per heavy atom. The van der Waals surface area contributed by atoms with Crippen LogP contribution >= 0.6 is 43.5 Å². The number of nitrogens with one attached hydrogen (secondary N) is 1. The summed E-state index contributed by atoms with van der Waals surface area (Å²) >= 11 is 12.2. The van der Waals surface area contributed by atoms with E-state index in [0.29, 0.717) is 10.0 Å². The number of anilines is 1. The van der Waals surface area contributed by atoms with Crippen molar-refractivity contribution in [2.45, 2.75) is 0 Å². The summed E-state index contributed by atoms with van der Waals surface area (Å²) in [6.07, 6.45) is 0. The molecule has 0 aromatic heterocycles. The summed E-state index contributed by atoms with van der Waals surface area (Å²) < 4.78 is 15.1. The topological polar surface area (TPSA) is 29.1 Å². The monoisotopic (exact) mass is 405 g/mol. The Morgan fingerprint density at radius 2 is 1.95 bits per heavy atom. The molecule has 0 saturated carbocycles. The van der Waals surface area contributed by atoms with E-state index in [9.17, 15) is 9.18 Å². The molecule has 0 fully saturated rings. The van der Waals surface area contributed by atoms with Gasteiger partial charge in [-0.15, -0.1) is 0 Å². The molecule has 0 aliphatic rings. The largest absolute Gasteiger partial charge is 0.319 e. The summed E-state index contributed by atoms with van der Waals surface area (Å²) in [5.74, 6) is -1.06. The van der Waals surface area contributed by atoms with Crippen LogP contribution in [0.4, 0.5) is 10.1 Å². The first kappa shape index (κ1) is 14.5. The second-order valence-electron chi connectivity index (χ2n) is 3.68. The highest BCUT2D eigenvalue weighted by molar-refractivity contribution is 9.11. The Bertz CT molecular complexity index is 649. The SMILES string of the molecule is O=C(Nc1cccc(Cl)c1F)c1ccc(Br)cc1Br. The lowest BCUT2D eigenvalue weighted by Gasteiger charge is -2.08. The van der Waals surface area contributed by atoms with Crippen molar-refractivity contribution in [1.29, 1.82) is 0 Å². The molecule has 2 nitrogen and oxygen atoms in total. The summed E-state index contributed by atoms with van der Waals surface area (Å²) in [5, 5.41) is 2.45. The molecule has 19 heavy (non-hydrogen) atoms. The first-order chi connectivity index (χ1) is 8.99. The maximum absolute atomic E-state index is 13.7. The van der Waals surface area contributed by atoms with Crippen molar-refractivity contribution in [2.75, 3.05) is 5.32 Å². The van der Waals surface area contributed by atoms with Crippen LogP contribution in [0, 0.1) is 5.82 Å². The summed E-state index contributed by atoms with van der Waals surface area (Å²) in [6, 6.07) is 9.54. The minimum absolute atomic E-state index is 0.0346. The summed E-state index contributed by atoms with van der Waals surface area (Å²) in [6.45, 7) is 0. The van der Waals surface area contributed by atoms with E-state index in [2.05, 4.69) is 37.2 Å². The third kappa shape index (κ3) is 3.35. The van der Waals surface area contributed by atoms with Crippen LogP contribution in [0.15, 0.2) is 45.3 Å². The minimum Gasteiger partial charge on any atom is -0.319 e. The highest BCUT2D eigenvalue weighted by Crippen LogP contribution is 2.25. The Morgan fingerprint density at radius 1 is 1.21 bits per heavy atom. The van der Waals surface area contributed by atoms with Gasteiger partial charge in [-0.3, -0.25) is 4.79 Å². The van der Waals surface area contributed by atoms with Gasteiger partial charge in [0.05, 0.1) is 16.3 Å². The van der Waals surface area contributed by atoms with E-state index in [0.717, 1.165) is 4.47 Å². The van der Waals surface area contributed by atoms with Gasteiger partial charge in [0, 0.05) is 8.95 Å². The van der Waals surface area contributed by atoms with E-state index in [4.69, 9.17) is 11.6 Å². The zero-order chi connectivity index (χ0) is 14.0. The molecule has 0 bridgehead atoms. The Balaban J connectivity index is 2.28. The minimum atomic E-state index is -0.647. The lowest BCUT2D eigenvalue weighted by molar-refractivity contribution is 0.102. The van der Waals surface area contributed by atoms with E-state index in [1.807, 2.05) is 0 Å². The fourth-order valence-corrected chi connectivity index (χ4v) is 2.87. The Labute approximate surface area is 131 Å². The molecule has 0 saturated heterocycles. The molecule has 0 aliphatic heterocycles. The van der Waals surface area contributed by atoms with Gasteiger partial charge in [0.1, 0.15) is 0 Å². The molecule has 2 aromatic carbocycles. The first-order valence-corrected chi connectivity index (χ1v) is 7.16. The molecule has 2 rings (SSSR count). The summed E-state index contributed by atoms with van der Waals surface area (Å²) in [5.41, 5.74) is 0.454.